The molecule has 0 bridgehead atoms. The molecule has 0 unspecified atom stereocenters. The summed E-state index contributed by atoms with van der Waals surface area (Å²) in [6.45, 7) is 0. The first-order valence-electron chi connectivity index (χ1n) is 4.30. The number of rotatable bonds is 5. The Morgan fingerprint density at radius 2 is 2.07 bits per heavy atom. The molecule has 0 aliphatic rings. The first-order chi connectivity index (χ1) is 6.74. The monoisotopic (exact) mass is 257 g/mol. The molecule has 1 rings (SSSR count). The maximum absolute atomic E-state index is 10.8. The Labute approximate surface area is 91.3 Å². The molecule has 1 atom stereocenters. The molecule has 3 nitrogen and oxygen atoms in total. The van der Waals surface area contributed by atoms with Crippen molar-refractivity contribution in [1.82, 2.24) is 5.32 Å². The third kappa shape index (κ3) is 3.47. The lowest BCUT2D eigenvalue weighted by atomic mass is 10.1. The van der Waals surface area contributed by atoms with Crippen LogP contribution in [-0.2, 0) is 11.2 Å². The van der Waals surface area contributed by atoms with E-state index >= 15 is 0 Å². The van der Waals surface area contributed by atoms with Crippen molar-refractivity contribution in [1.29, 1.82) is 0 Å². The average Bonchev–Trinajstić information content (AvgIpc) is 2.18. The van der Waals surface area contributed by atoms with E-state index in [0.29, 0.717) is 11.9 Å². The lowest BCUT2D eigenvalue weighted by molar-refractivity contribution is -0.139. The number of aliphatic carboxylic acids is 1. The molecule has 0 aromatic heterocycles. The van der Waals surface area contributed by atoms with Crippen LogP contribution in [0.25, 0.3) is 0 Å². The number of halogens is 1. The molecule has 1 aromatic rings. The zero-order valence-electron chi connectivity index (χ0n) is 7.61. The van der Waals surface area contributed by atoms with E-state index < -0.39 is 12.0 Å². The molecule has 0 amide bonds. The number of nitrogens with one attached hydrogen (secondary N) is 1. The van der Waals surface area contributed by atoms with Crippen molar-refractivity contribution in [3.8, 4) is 0 Å². The largest absolute Gasteiger partial charge is 0.480 e. The highest BCUT2D eigenvalue weighted by atomic mass is 79.9. The molecule has 4 heteroatoms. The summed E-state index contributed by atoms with van der Waals surface area (Å²) in [5.74, 6) is -0.826. The van der Waals surface area contributed by atoms with Crippen molar-refractivity contribution in [2.24, 2.45) is 0 Å². The van der Waals surface area contributed by atoms with E-state index in [9.17, 15) is 4.79 Å². The smallest absolute Gasteiger partial charge is 0.321 e. The number of carbonyl (C=O) groups is 1. The number of hydrogen-bond acceptors (Lipinski definition) is 2. The quantitative estimate of drug-likeness (QED) is 0.623. The van der Waals surface area contributed by atoms with Gasteiger partial charge in [0, 0.05) is 0 Å². The Morgan fingerprint density at radius 3 is 2.57 bits per heavy atom. The first kappa shape index (κ1) is 11.2. The number of benzene rings is 1. The Bertz CT molecular complexity index is 289. The molecule has 0 aliphatic heterocycles. The summed E-state index contributed by atoms with van der Waals surface area (Å²) < 4.78 is 0. The van der Waals surface area contributed by atoms with Crippen LogP contribution in [0, 0.1) is 0 Å². The molecule has 14 heavy (non-hydrogen) atoms. The van der Waals surface area contributed by atoms with E-state index in [1.807, 2.05) is 30.3 Å². The van der Waals surface area contributed by atoms with Gasteiger partial charge in [-0.2, -0.15) is 0 Å². The van der Waals surface area contributed by atoms with Crippen LogP contribution in [0.1, 0.15) is 5.56 Å². The van der Waals surface area contributed by atoms with E-state index in [2.05, 4.69) is 21.2 Å². The number of carboxylic acid groups (broad SMARTS) is 1. The molecule has 0 saturated heterocycles. The van der Waals surface area contributed by atoms with E-state index in [-0.39, 0.29) is 0 Å². The predicted molar refractivity (Wildman–Crippen MR) is 58.5 cm³/mol. The van der Waals surface area contributed by atoms with Crippen molar-refractivity contribution in [3.05, 3.63) is 35.9 Å². The van der Waals surface area contributed by atoms with Gasteiger partial charge in [0.25, 0.3) is 0 Å². The second-order valence-corrected chi connectivity index (χ2v) is 3.48. The van der Waals surface area contributed by atoms with Crippen LogP contribution < -0.4 is 5.32 Å². The topological polar surface area (TPSA) is 49.3 Å². The number of alkyl halides is 1. The van der Waals surface area contributed by atoms with Crippen LogP contribution in [0.2, 0.25) is 0 Å². The van der Waals surface area contributed by atoms with Gasteiger partial charge in [-0.3, -0.25) is 10.1 Å². The third-order valence-electron chi connectivity index (χ3n) is 1.90. The maximum atomic E-state index is 10.8. The van der Waals surface area contributed by atoms with Gasteiger partial charge in [0.2, 0.25) is 0 Å². The zero-order chi connectivity index (χ0) is 10.4. The van der Waals surface area contributed by atoms with Crippen LogP contribution in [0.4, 0.5) is 0 Å². The van der Waals surface area contributed by atoms with Gasteiger partial charge in [0.05, 0.1) is 5.45 Å². The molecule has 76 valence electrons. The zero-order valence-corrected chi connectivity index (χ0v) is 9.20. The maximum Gasteiger partial charge on any atom is 0.321 e. The van der Waals surface area contributed by atoms with Gasteiger partial charge in [-0.05, 0) is 12.0 Å². The second kappa shape index (κ2) is 5.78. The highest BCUT2D eigenvalue weighted by molar-refractivity contribution is 9.09. The predicted octanol–water partition coefficient (Wildman–Crippen LogP) is 1.62. The van der Waals surface area contributed by atoms with Crippen molar-refractivity contribution in [2.45, 2.75) is 12.5 Å². The molecular formula is C10H12BrNO2. The van der Waals surface area contributed by atoms with Crippen LogP contribution >= 0.6 is 15.9 Å². The van der Waals surface area contributed by atoms with Crippen LogP contribution in [0.5, 0.6) is 0 Å². The third-order valence-corrected chi connectivity index (χ3v) is 2.23. The summed E-state index contributed by atoms with van der Waals surface area (Å²) in [7, 11) is 0. The molecule has 0 heterocycles. The van der Waals surface area contributed by atoms with Gasteiger partial charge in [-0.25, -0.2) is 0 Å². The van der Waals surface area contributed by atoms with Gasteiger partial charge in [0.15, 0.2) is 0 Å². The molecule has 0 fully saturated rings. The summed E-state index contributed by atoms with van der Waals surface area (Å²) in [4.78, 5) is 10.8. The van der Waals surface area contributed by atoms with Crippen molar-refractivity contribution in [2.75, 3.05) is 5.45 Å². The molecule has 0 aliphatic carbocycles. The van der Waals surface area contributed by atoms with Crippen molar-refractivity contribution < 1.29 is 9.90 Å². The Kier molecular flexibility index (Phi) is 4.62. The summed E-state index contributed by atoms with van der Waals surface area (Å²) in [5.41, 5.74) is 1.50. The molecule has 0 saturated carbocycles. The molecule has 1 aromatic carbocycles. The lowest BCUT2D eigenvalue weighted by Gasteiger charge is -2.12. The lowest BCUT2D eigenvalue weighted by Crippen LogP contribution is -2.37. The fourth-order valence-electron chi connectivity index (χ4n) is 1.19. The SMILES string of the molecule is O=C(O)[C@H](Cc1ccccc1)NCBr. The minimum absolute atomic E-state index is 0.483. The first-order valence-corrected chi connectivity index (χ1v) is 5.42. The van der Waals surface area contributed by atoms with Crippen LogP contribution in [0.15, 0.2) is 30.3 Å². The van der Waals surface area contributed by atoms with E-state index in [0.717, 1.165) is 5.56 Å². The fraction of sp³-hybridized carbons (Fsp3) is 0.300. The summed E-state index contributed by atoms with van der Waals surface area (Å²) in [6.07, 6.45) is 0.502. The van der Waals surface area contributed by atoms with Crippen LogP contribution in [-0.4, -0.2) is 22.6 Å². The normalized spacial score (nSPS) is 12.4. The van der Waals surface area contributed by atoms with E-state index in [1.165, 1.54) is 0 Å². The highest BCUT2D eigenvalue weighted by Crippen LogP contribution is 2.03. The fourth-order valence-corrected chi connectivity index (χ4v) is 1.58. The summed E-state index contributed by atoms with van der Waals surface area (Å²) >= 11 is 3.16. The highest BCUT2D eigenvalue weighted by Gasteiger charge is 2.15. The van der Waals surface area contributed by atoms with Crippen molar-refractivity contribution >= 4 is 21.9 Å². The van der Waals surface area contributed by atoms with Gasteiger partial charge in [-0.15, -0.1) is 0 Å². The number of carboxylic acids is 1. The Morgan fingerprint density at radius 1 is 1.43 bits per heavy atom. The van der Waals surface area contributed by atoms with Gasteiger partial charge < -0.3 is 5.11 Å². The molecule has 0 spiro atoms. The number of hydrogen-bond donors (Lipinski definition) is 2. The molecule has 0 radical (unpaired) electrons. The average molecular weight is 258 g/mol. The van der Waals surface area contributed by atoms with Gasteiger partial charge in [0.1, 0.15) is 6.04 Å². The minimum Gasteiger partial charge on any atom is -0.480 e. The summed E-state index contributed by atoms with van der Waals surface area (Å²) in [6, 6.07) is 9.04. The van der Waals surface area contributed by atoms with Gasteiger partial charge >= 0.3 is 5.97 Å². The molecule has 2 N–H and O–H groups in total. The van der Waals surface area contributed by atoms with Gasteiger partial charge in [-0.1, -0.05) is 46.3 Å². The van der Waals surface area contributed by atoms with E-state index in [4.69, 9.17) is 5.11 Å². The summed E-state index contributed by atoms with van der Waals surface area (Å²) in [5, 5.41) is 11.7. The molecular weight excluding hydrogens is 246 g/mol. The standard InChI is InChI=1S/C10H12BrNO2/c11-7-12-9(10(13)14)6-8-4-2-1-3-5-8/h1-5,9,12H,6-7H2,(H,13,14)/t9-/m0/s1. The van der Waals surface area contributed by atoms with E-state index in [1.54, 1.807) is 0 Å². The Hall–Kier alpha value is -0.870. The Balaban J connectivity index is 2.60. The minimum atomic E-state index is -0.826. The second-order valence-electron chi connectivity index (χ2n) is 2.92. The van der Waals surface area contributed by atoms with Crippen LogP contribution in [0.3, 0.4) is 0 Å². The van der Waals surface area contributed by atoms with Crippen molar-refractivity contribution in [3.63, 3.8) is 0 Å².